The Bertz CT molecular complexity index is 543. The number of imidazole rings is 1. The lowest BCUT2D eigenvalue weighted by Gasteiger charge is -2.59. The van der Waals surface area contributed by atoms with Gasteiger partial charge in [-0.3, -0.25) is 14.7 Å². The number of aliphatic hydroxyl groups excluding tert-OH is 1. The molecule has 104 valence electrons. The van der Waals surface area contributed by atoms with E-state index >= 15 is 0 Å². The second-order valence-electron chi connectivity index (χ2n) is 5.84. The molecule has 4 aliphatic heterocycles. The molecule has 4 aliphatic rings. The molecule has 0 saturated carbocycles. The predicted molar refractivity (Wildman–Crippen MR) is 69.4 cm³/mol. The Hall–Kier alpha value is -0.720. The van der Waals surface area contributed by atoms with E-state index in [9.17, 15) is 9.67 Å². The van der Waals surface area contributed by atoms with Crippen LogP contribution in [0.3, 0.4) is 0 Å². The van der Waals surface area contributed by atoms with Crippen LogP contribution in [0.1, 0.15) is 11.9 Å². The summed E-state index contributed by atoms with van der Waals surface area (Å²) in [6.45, 7) is 2.50. The van der Waals surface area contributed by atoms with Gasteiger partial charge in [0.25, 0.3) is 0 Å². The van der Waals surface area contributed by atoms with Crippen molar-refractivity contribution in [2.24, 2.45) is 7.05 Å². The first-order chi connectivity index (χ1) is 9.07. The average molecular weight is 283 g/mol. The monoisotopic (exact) mass is 283 g/mol. The Morgan fingerprint density at radius 2 is 2.05 bits per heavy atom. The summed E-state index contributed by atoms with van der Waals surface area (Å²) in [4.78, 5) is 10.8. The topological polar surface area (TPSA) is 64.8 Å². The van der Waals surface area contributed by atoms with Crippen molar-refractivity contribution in [1.82, 2.24) is 24.3 Å². The molecule has 4 saturated heterocycles. The lowest BCUT2D eigenvalue weighted by molar-refractivity contribution is -0.0778. The largest absolute Gasteiger partial charge is 0.383 e. The van der Waals surface area contributed by atoms with Gasteiger partial charge in [0.15, 0.2) is 0 Å². The van der Waals surface area contributed by atoms with E-state index in [0.717, 1.165) is 20.0 Å². The summed E-state index contributed by atoms with van der Waals surface area (Å²) in [6, 6.07) is 0. The minimum absolute atomic E-state index is 0.276. The fraction of sp³-hybridized carbons (Fsp3) is 0.727. The Morgan fingerprint density at radius 1 is 1.37 bits per heavy atom. The molecule has 0 aromatic carbocycles. The van der Waals surface area contributed by atoms with Crippen LogP contribution in [0.25, 0.3) is 0 Å². The first kappa shape index (κ1) is 12.1. The van der Waals surface area contributed by atoms with Crippen molar-refractivity contribution in [2.75, 3.05) is 32.6 Å². The first-order valence-electron chi connectivity index (χ1n) is 6.49. The van der Waals surface area contributed by atoms with Gasteiger partial charge in [0.05, 0.1) is 32.6 Å². The van der Waals surface area contributed by atoms with Gasteiger partial charge in [-0.15, -0.1) is 0 Å². The third kappa shape index (κ3) is 1.66. The zero-order chi connectivity index (χ0) is 13.2. The normalized spacial score (nSPS) is 45.6. The molecule has 4 atom stereocenters. The summed E-state index contributed by atoms with van der Waals surface area (Å²) in [5.41, 5.74) is 0. The fourth-order valence-electron chi connectivity index (χ4n) is 3.72. The highest BCUT2D eigenvalue weighted by molar-refractivity contribution is 7.64. The summed E-state index contributed by atoms with van der Waals surface area (Å²) < 4.78 is 15.0. The number of hydrogen-bond acceptors (Lipinski definition) is 6. The van der Waals surface area contributed by atoms with Crippen molar-refractivity contribution >= 4 is 7.14 Å². The fourth-order valence-corrected chi connectivity index (χ4v) is 7.24. The summed E-state index contributed by atoms with van der Waals surface area (Å²) in [7, 11) is -0.562. The van der Waals surface area contributed by atoms with E-state index in [2.05, 4.69) is 19.7 Å². The van der Waals surface area contributed by atoms with Crippen LogP contribution < -0.4 is 0 Å². The van der Waals surface area contributed by atoms with Crippen molar-refractivity contribution in [2.45, 2.75) is 11.9 Å². The Labute approximate surface area is 111 Å². The van der Waals surface area contributed by atoms with E-state index in [-0.39, 0.29) is 5.78 Å². The van der Waals surface area contributed by atoms with Crippen LogP contribution in [-0.2, 0) is 11.6 Å². The summed E-state index contributed by atoms with van der Waals surface area (Å²) in [5.74, 6) is 0.332. The van der Waals surface area contributed by atoms with Gasteiger partial charge in [0, 0.05) is 19.4 Å². The first-order valence-corrected chi connectivity index (χ1v) is 8.63. The third-order valence-electron chi connectivity index (χ3n) is 4.30. The quantitative estimate of drug-likeness (QED) is 0.763. The lowest BCUT2D eigenvalue weighted by Crippen LogP contribution is -2.67. The number of aliphatic hydroxyl groups is 1. The molecule has 1 aromatic rings. The zero-order valence-electron chi connectivity index (χ0n) is 10.9. The maximum absolute atomic E-state index is 13.2. The highest BCUT2D eigenvalue weighted by Gasteiger charge is 2.55. The van der Waals surface area contributed by atoms with E-state index in [1.165, 1.54) is 0 Å². The molecule has 0 radical (unpaired) electrons. The van der Waals surface area contributed by atoms with E-state index in [1.807, 2.05) is 17.8 Å². The van der Waals surface area contributed by atoms with Crippen LogP contribution in [-0.4, -0.2) is 67.7 Å². The van der Waals surface area contributed by atoms with Gasteiger partial charge >= 0.3 is 0 Å². The highest BCUT2D eigenvalue weighted by Crippen LogP contribution is 2.62. The van der Waals surface area contributed by atoms with E-state index in [1.54, 1.807) is 6.20 Å². The maximum atomic E-state index is 13.2. The molecular formula is C11H18N5O2P. The molecule has 4 unspecified atom stereocenters. The van der Waals surface area contributed by atoms with Crippen LogP contribution >= 0.6 is 7.14 Å². The van der Waals surface area contributed by atoms with Crippen LogP contribution in [0.2, 0.25) is 0 Å². The minimum Gasteiger partial charge on any atom is -0.383 e. The van der Waals surface area contributed by atoms with E-state index < -0.39 is 13.2 Å². The minimum atomic E-state index is -2.42. The Morgan fingerprint density at radius 3 is 2.58 bits per heavy atom. The molecule has 19 heavy (non-hydrogen) atoms. The molecule has 7 nitrogen and oxygen atoms in total. The van der Waals surface area contributed by atoms with Gasteiger partial charge in [0.2, 0.25) is 0 Å². The molecule has 5 rings (SSSR count). The summed E-state index contributed by atoms with van der Waals surface area (Å²) in [6.07, 6.45) is 3.98. The number of aryl methyl sites for hydroxylation is 1. The van der Waals surface area contributed by atoms with Crippen molar-refractivity contribution in [3.05, 3.63) is 18.2 Å². The van der Waals surface area contributed by atoms with Gasteiger partial charge in [-0.2, -0.15) is 0 Å². The van der Waals surface area contributed by atoms with Gasteiger partial charge in [-0.25, -0.2) is 4.98 Å². The molecule has 4 fully saturated rings. The van der Waals surface area contributed by atoms with Crippen molar-refractivity contribution in [3.63, 3.8) is 0 Å². The van der Waals surface area contributed by atoms with Crippen molar-refractivity contribution in [3.8, 4) is 0 Å². The number of aromatic nitrogens is 2. The molecule has 0 spiro atoms. The van der Waals surface area contributed by atoms with E-state index in [4.69, 9.17) is 0 Å². The second-order valence-corrected chi connectivity index (χ2v) is 8.84. The predicted octanol–water partition coefficient (Wildman–Crippen LogP) is -0.123. The van der Waals surface area contributed by atoms with Gasteiger partial charge in [0.1, 0.15) is 24.9 Å². The molecule has 8 heteroatoms. The molecule has 5 heterocycles. The van der Waals surface area contributed by atoms with Gasteiger partial charge in [-0.05, 0) is 0 Å². The van der Waals surface area contributed by atoms with Gasteiger partial charge < -0.3 is 14.2 Å². The molecule has 1 N–H and O–H groups in total. The van der Waals surface area contributed by atoms with Crippen LogP contribution in [0.5, 0.6) is 0 Å². The summed E-state index contributed by atoms with van der Waals surface area (Å²) in [5, 5.41) is 10.7. The van der Waals surface area contributed by atoms with Crippen molar-refractivity contribution in [1.29, 1.82) is 0 Å². The average Bonchev–Trinajstić information content (AvgIpc) is 2.72. The third-order valence-corrected chi connectivity index (χ3v) is 7.63. The van der Waals surface area contributed by atoms with Crippen LogP contribution in [0, 0.1) is 0 Å². The number of nitrogens with zero attached hydrogens (tertiary/aromatic N) is 5. The Balaban J connectivity index is 1.71. The highest BCUT2D eigenvalue weighted by atomic mass is 31.2. The standard InChI is InChI=1S/C11H18N5O2P/c1-13-3-2-12-10(13)9(17)11-16-5-14-4-15(6-16)8-19(11,18)7-14/h2-3,9,11,17H,4-8H2,1H3. The SMILES string of the molecule is Cn1ccnc1C(O)C1N2CN3CN(C2)CP1(=O)C3. The molecule has 4 bridgehead atoms. The molecule has 1 aromatic heterocycles. The summed E-state index contributed by atoms with van der Waals surface area (Å²) >= 11 is 0. The molecular weight excluding hydrogens is 265 g/mol. The van der Waals surface area contributed by atoms with Crippen LogP contribution in [0.15, 0.2) is 12.4 Å². The Kier molecular flexibility index (Phi) is 2.47. The van der Waals surface area contributed by atoms with Crippen molar-refractivity contribution < 1.29 is 9.67 Å². The second kappa shape index (κ2) is 3.90. The van der Waals surface area contributed by atoms with E-state index in [0.29, 0.717) is 18.4 Å². The number of hydrogen-bond donors (Lipinski definition) is 1. The zero-order valence-corrected chi connectivity index (χ0v) is 11.8. The van der Waals surface area contributed by atoms with Crippen LogP contribution in [0.4, 0.5) is 0 Å². The maximum Gasteiger partial charge on any atom is 0.139 e. The number of rotatable bonds is 2. The van der Waals surface area contributed by atoms with Gasteiger partial charge in [-0.1, -0.05) is 0 Å². The lowest BCUT2D eigenvalue weighted by atomic mass is 10.3. The molecule has 0 aliphatic carbocycles. The molecule has 0 amide bonds. The smallest absolute Gasteiger partial charge is 0.139 e.